The Morgan fingerprint density at radius 1 is 1.36 bits per heavy atom. The maximum absolute atomic E-state index is 5.79. The number of oxazole rings is 1. The Bertz CT molecular complexity index is 396. The molecule has 2 aromatic rings. The molecular formula is C7H2Cl2NO. The minimum atomic E-state index is 0.411. The van der Waals surface area contributed by atoms with Gasteiger partial charge in [-0.1, -0.05) is 23.2 Å². The van der Waals surface area contributed by atoms with Gasteiger partial charge < -0.3 is 4.42 Å². The summed E-state index contributed by atoms with van der Waals surface area (Å²) in [6, 6.07) is 3.36. The van der Waals surface area contributed by atoms with Crippen molar-refractivity contribution in [1.82, 2.24) is 4.98 Å². The van der Waals surface area contributed by atoms with Gasteiger partial charge >= 0.3 is 0 Å². The molecule has 2 nitrogen and oxygen atoms in total. The van der Waals surface area contributed by atoms with Crippen LogP contribution < -0.4 is 0 Å². The van der Waals surface area contributed by atoms with Gasteiger partial charge in [-0.05, 0) is 12.1 Å². The van der Waals surface area contributed by atoms with Gasteiger partial charge in [-0.2, -0.15) is 0 Å². The van der Waals surface area contributed by atoms with Crippen molar-refractivity contribution in [3.05, 3.63) is 28.6 Å². The molecular weight excluding hydrogens is 185 g/mol. The summed E-state index contributed by atoms with van der Waals surface area (Å²) in [6.45, 7) is 0. The predicted molar refractivity (Wildman–Crippen MR) is 42.9 cm³/mol. The fraction of sp³-hybridized carbons (Fsp3) is 0. The molecule has 0 bridgehead atoms. The van der Waals surface area contributed by atoms with Crippen LogP contribution in [0.5, 0.6) is 0 Å². The highest BCUT2D eigenvalue weighted by Crippen LogP contribution is 2.28. The number of rotatable bonds is 0. The summed E-state index contributed by atoms with van der Waals surface area (Å²) in [5.41, 5.74) is 1.15. The van der Waals surface area contributed by atoms with Crippen LogP contribution in [0.2, 0.25) is 10.0 Å². The van der Waals surface area contributed by atoms with E-state index in [2.05, 4.69) is 11.4 Å². The Morgan fingerprint density at radius 3 is 3.00 bits per heavy atom. The predicted octanol–water partition coefficient (Wildman–Crippen LogP) is 2.93. The van der Waals surface area contributed by atoms with Crippen LogP contribution in [0.1, 0.15) is 0 Å². The second-order valence-electron chi connectivity index (χ2n) is 2.01. The van der Waals surface area contributed by atoms with E-state index in [1.807, 2.05) is 0 Å². The first-order valence-electron chi connectivity index (χ1n) is 2.89. The molecule has 0 aliphatic carbocycles. The first-order valence-corrected chi connectivity index (χ1v) is 3.65. The average Bonchev–Trinajstić information content (AvgIpc) is 2.45. The molecule has 0 amide bonds. The summed E-state index contributed by atoms with van der Waals surface area (Å²) < 4.78 is 4.87. The molecule has 0 saturated heterocycles. The van der Waals surface area contributed by atoms with Gasteiger partial charge in [0.25, 0.3) is 6.39 Å². The highest BCUT2D eigenvalue weighted by molar-refractivity contribution is 6.44. The third kappa shape index (κ3) is 0.988. The Hall–Kier alpha value is -0.730. The van der Waals surface area contributed by atoms with Crippen LogP contribution in [0.15, 0.2) is 16.5 Å². The molecule has 1 heterocycles. The average molecular weight is 187 g/mol. The first kappa shape index (κ1) is 6.95. The zero-order valence-corrected chi connectivity index (χ0v) is 6.78. The van der Waals surface area contributed by atoms with E-state index in [4.69, 9.17) is 27.6 Å². The Kier molecular flexibility index (Phi) is 1.51. The smallest absolute Gasteiger partial charge is 0.284 e. The highest BCUT2D eigenvalue weighted by atomic mass is 35.5. The maximum Gasteiger partial charge on any atom is 0.284 e. The third-order valence-corrected chi connectivity index (χ3v) is 2.14. The van der Waals surface area contributed by atoms with Crippen LogP contribution in [0, 0.1) is 6.39 Å². The van der Waals surface area contributed by atoms with E-state index in [1.165, 1.54) is 0 Å². The van der Waals surface area contributed by atoms with Crippen molar-refractivity contribution in [3.63, 3.8) is 0 Å². The molecule has 4 heteroatoms. The van der Waals surface area contributed by atoms with E-state index in [1.54, 1.807) is 12.1 Å². The lowest BCUT2D eigenvalue weighted by Gasteiger charge is -1.92. The fourth-order valence-corrected chi connectivity index (χ4v) is 1.18. The monoisotopic (exact) mass is 186 g/mol. The van der Waals surface area contributed by atoms with Crippen molar-refractivity contribution in [1.29, 1.82) is 0 Å². The largest absolute Gasteiger partial charge is 0.432 e. The van der Waals surface area contributed by atoms with Crippen LogP contribution in [-0.2, 0) is 0 Å². The lowest BCUT2D eigenvalue weighted by Crippen LogP contribution is -1.71. The lowest BCUT2D eigenvalue weighted by atomic mass is 10.3. The van der Waals surface area contributed by atoms with Crippen molar-refractivity contribution in [2.75, 3.05) is 0 Å². The summed E-state index contributed by atoms with van der Waals surface area (Å²) >= 11 is 11.5. The molecule has 1 aromatic carbocycles. The normalized spacial score (nSPS) is 10.7. The van der Waals surface area contributed by atoms with Gasteiger partial charge in [0.1, 0.15) is 5.52 Å². The standard InChI is InChI=1S/C7H2Cl2NO/c8-4-1-2-5-7(6(4)9)10-3-11-5/h1-2H. The minimum Gasteiger partial charge on any atom is -0.432 e. The summed E-state index contributed by atoms with van der Waals surface area (Å²) in [4.78, 5) is 3.77. The number of halogens is 2. The van der Waals surface area contributed by atoms with Crippen molar-refractivity contribution < 1.29 is 4.42 Å². The number of hydrogen-bond acceptors (Lipinski definition) is 2. The second kappa shape index (κ2) is 2.40. The molecule has 2 rings (SSSR count). The number of aromatic nitrogens is 1. The first-order chi connectivity index (χ1) is 5.29. The molecule has 0 atom stereocenters. The van der Waals surface area contributed by atoms with Crippen LogP contribution in [-0.4, -0.2) is 4.98 Å². The maximum atomic E-state index is 5.79. The van der Waals surface area contributed by atoms with E-state index in [9.17, 15) is 0 Å². The zero-order chi connectivity index (χ0) is 7.84. The van der Waals surface area contributed by atoms with Gasteiger partial charge in [0.2, 0.25) is 0 Å². The molecule has 0 N–H and O–H groups in total. The molecule has 0 spiro atoms. The molecule has 1 aromatic heterocycles. The van der Waals surface area contributed by atoms with Gasteiger partial charge in [-0.3, -0.25) is 0 Å². The number of benzene rings is 1. The number of nitrogens with zero attached hydrogens (tertiary/aromatic N) is 1. The van der Waals surface area contributed by atoms with Gasteiger partial charge in [0.05, 0.1) is 10.0 Å². The van der Waals surface area contributed by atoms with Gasteiger partial charge in [-0.25, -0.2) is 4.98 Å². The van der Waals surface area contributed by atoms with Gasteiger partial charge in [0, 0.05) is 0 Å². The van der Waals surface area contributed by atoms with Crippen LogP contribution in [0.4, 0.5) is 0 Å². The van der Waals surface area contributed by atoms with Crippen LogP contribution >= 0.6 is 23.2 Å². The van der Waals surface area contributed by atoms with Crippen LogP contribution in [0.3, 0.4) is 0 Å². The van der Waals surface area contributed by atoms with Gasteiger partial charge in [-0.15, -0.1) is 0 Å². The van der Waals surface area contributed by atoms with E-state index in [0.717, 1.165) is 0 Å². The molecule has 11 heavy (non-hydrogen) atoms. The zero-order valence-electron chi connectivity index (χ0n) is 5.27. The molecule has 0 aliphatic heterocycles. The summed E-state index contributed by atoms with van der Waals surface area (Å²) in [5.74, 6) is 0. The van der Waals surface area contributed by atoms with E-state index < -0.39 is 0 Å². The summed E-state index contributed by atoms with van der Waals surface area (Å²) in [5, 5.41) is 0.885. The Morgan fingerprint density at radius 2 is 2.18 bits per heavy atom. The van der Waals surface area contributed by atoms with E-state index >= 15 is 0 Å². The third-order valence-electron chi connectivity index (χ3n) is 1.35. The quantitative estimate of drug-likeness (QED) is 0.633. The Balaban J connectivity index is 2.93. The summed E-state index contributed by atoms with van der Waals surface area (Å²) in [7, 11) is 0. The van der Waals surface area contributed by atoms with E-state index in [0.29, 0.717) is 21.1 Å². The highest BCUT2D eigenvalue weighted by Gasteiger charge is 2.06. The minimum absolute atomic E-state index is 0.411. The van der Waals surface area contributed by atoms with E-state index in [-0.39, 0.29) is 0 Å². The SMILES string of the molecule is Clc1ccc2o[c]nc2c1Cl. The molecule has 0 aliphatic rings. The second-order valence-corrected chi connectivity index (χ2v) is 2.80. The molecule has 1 radical (unpaired) electrons. The molecule has 0 saturated carbocycles. The molecule has 55 valence electrons. The Labute approximate surface area is 72.7 Å². The van der Waals surface area contributed by atoms with Gasteiger partial charge in [0.15, 0.2) is 5.58 Å². The fourth-order valence-electron chi connectivity index (χ4n) is 0.826. The topological polar surface area (TPSA) is 26.0 Å². The lowest BCUT2D eigenvalue weighted by molar-refractivity contribution is 0.591. The molecule has 0 unspecified atom stereocenters. The van der Waals surface area contributed by atoms with Crippen LogP contribution in [0.25, 0.3) is 11.1 Å². The number of hydrogen-bond donors (Lipinski definition) is 0. The molecule has 0 fully saturated rings. The van der Waals surface area contributed by atoms with Crippen molar-refractivity contribution in [3.8, 4) is 0 Å². The van der Waals surface area contributed by atoms with Crippen molar-refractivity contribution in [2.24, 2.45) is 0 Å². The van der Waals surface area contributed by atoms with Crippen molar-refractivity contribution in [2.45, 2.75) is 0 Å². The number of fused-ring (bicyclic) bond motifs is 1. The van der Waals surface area contributed by atoms with Crippen molar-refractivity contribution >= 4 is 34.3 Å². The summed E-state index contributed by atoms with van der Waals surface area (Å²) in [6.07, 6.45) is 2.34.